The molecule has 1 aromatic heterocycles. The summed E-state index contributed by atoms with van der Waals surface area (Å²) < 4.78 is 34.2. The highest BCUT2D eigenvalue weighted by Gasteiger charge is 2.42. The SMILES string of the molecule is CCn1nc(C)cc1S(=O)(=O)N1C[C@@H]2NCCO[C@H]2C1.Cl. The molecule has 0 amide bonds. The van der Waals surface area contributed by atoms with Gasteiger partial charge in [-0.15, -0.1) is 12.4 Å². The summed E-state index contributed by atoms with van der Waals surface area (Å²) >= 11 is 0. The normalized spacial score (nSPS) is 26.4. The van der Waals surface area contributed by atoms with E-state index in [1.165, 1.54) is 4.31 Å². The first-order valence-corrected chi connectivity index (χ1v) is 8.36. The minimum absolute atomic E-state index is 0. The summed E-state index contributed by atoms with van der Waals surface area (Å²) in [6, 6.07) is 1.73. The first-order valence-electron chi connectivity index (χ1n) is 6.92. The summed E-state index contributed by atoms with van der Waals surface area (Å²) in [5, 5.41) is 7.81. The van der Waals surface area contributed by atoms with Gasteiger partial charge in [-0.05, 0) is 19.9 Å². The number of rotatable bonds is 3. The Kier molecular flexibility index (Phi) is 4.94. The molecule has 0 unspecified atom stereocenters. The van der Waals surface area contributed by atoms with Crippen LogP contribution in [0.4, 0.5) is 0 Å². The van der Waals surface area contributed by atoms with E-state index in [2.05, 4.69) is 10.4 Å². The quantitative estimate of drug-likeness (QED) is 0.840. The van der Waals surface area contributed by atoms with E-state index in [4.69, 9.17) is 4.74 Å². The van der Waals surface area contributed by atoms with Crippen molar-refractivity contribution >= 4 is 22.4 Å². The van der Waals surface area contributed by atoms with Crippen molar-refractivity contribution in [3.05, 3.63) is 11.8 Å². The molecule has 0 radical (unpaired) electrons. The third-order valence-electron chi connectivity index (χ3n) is 3.84. The molecule has 1 N–H and O–H groups in total. The second-order valence-electron chi connectivity index (χ2n) is 5.23. The molecule has 0 bridgehead atoms. The van der Waals surface area contributed by atoms with Gasteiger partial charge in [0, 0.05) is 32.2 Å². The van der Waals surface area contributed by atoms with E-state index in [0.717, 1.165) is 12.2 Å². The monoisotopic (exact) mass is 336 g/mol. The van der Waals surface area contributed by atoms with Crippen LogP contribution in [-0.4, -0.2) is 60.9 Å². The summed E-state index contributed by atoms with van der Waals surface area (Å²) in [6.45, 7) is 6.52. The second kappa shape index (κ2) is 6.21. The fourth-order valence-corrected chi connectivity index (χ4v) is 4.56. The summed E-state index contributed by atoms with van der Waals surface area (Å²) in [7, 11) is -3.51. The van der Waals surface area contributed by atoms with Crippen LogP contribution in [0.15, 0.2) is 11.1 Å². The number of morpholine rings is 1. The van der Waals surface area contributed by atoms with Crippen molar-refractivity contribution in [2.24, 2.45) is 0 Å². The largest absolute Gasteiger partial charge is 0.374 e. The minimum atomic E-state index is -3.51. The smallest absolute Gasteiger partial charge is 0.260 e. The zero-order valence-electron chi connectivity index (χ0n) is 12.2. The van der Waals surface area contributed by atoms with Crippen molar-refractivity contribution < 1.29 is 13.2 Å². The van der Waals surface area contributed by atoms with Crippen LogP contribution in [0.1, 0.15) is 12.6 Å². The first-order chi connectivity index (χ1) is 9.52. The lowest BCUT2D eigenvalue weighted by Gasteiger charge is -2.25. The van der Waals surface area contributed by atoms with Crippen LogP contribution in [0, 0.1) is 6.92 Å². The summed E-state index contributed by atoms with van der Waals surface area (Å²) in [4.78, 5) is 0. The molecule has 3 heterocycles. The molecule has 1 aromatic rings. The van der Waals surface area contributed by atoms with Gasteiger partial charge in [0.2, 0.25) is 0 Å². The van der Waals surface area contributed by atoms with Crippen molar-refractivity contribution in [3.8, 4) is 0 Å². The highest BCUT2D eigenvalue weighted by molar-refractivity contribution is 7.89. The van der Waals surface area contributed by atoms with Crippen molar-refractivity contribution in [1.29, 1.82) is 0 Å². The molecule has 0 saturated carbocycles. The third-order valence-corrected chi connectivity index (χ3v) is 5.68. The Hall–Kier alpha value is -0.670. The summed E-state index contributed by atoms with van der Waals surface area (Å²) in [6.07, 6.45) is -0.0439. The van der Waals surface area contributed by atoms with Gasteiger partial charge in [0.1, 0.15) is 0 Å². The highest BCUT2D eigenvalue weighted by atomic mass is 35.5. The maximum absolute atomic E-state index is 12.8. The maximum Gasteiger partial charge on any atom is 0.260 e. The highest BCUT2D eigenvalue weighted by Crippen LogP contribution is 2.24. The molecule has 9 heteroatoms. The standard InChI is InChI=1S/C12H20N4O3S.ClH/c1-3-16-12(6-9(2)14-16)20(17,18)15-7-10-11(8-15)19-5-4-13-10;/h6,10-11,13H,3-5,7-8H2,1-2H3;1H/t10-,11-;/m0./s1. The molecule has 7 nitrogen and oxygen atoms in total. The number of nitrogens with one attached hydrogen (secondary N) is 1. The lowest BCUT2D eigenvalue weighted by molar-refractivity contribution is 0.0194. The van der Waals surface area contributed by atoms with Crippen LogP contribution in [0.2, 0.25) is 0 Å². The molecule has 120 valence electrons. The van der Waals surface area contributed by atoms with Gasteiger partial charge < -0.3 is 10.1 Å². The third kappa shape index (κ3) is 2.95. The maximum atomic E-state index is 12.8. The molecule has 3 rings (SSSR count). The van der Waals surface area contributed by atoms with Gasteiger partial charge in [0.05, 0.1) is 18.4 Å². The van der Waals surface area contributed by atoms with Gasteiger partial charge in [0.15, 0.2) is 5.03 Å². The summed E-state index contributed by atoms with van der Waals surface area (Å²) in [5.74, 6) is 0. The number of halogens is 1. The molecule has 0 spiro atoms. The number of fused-ring (bicyclic) bond motifs is 1. The molecule has 2 aliphatic rings. The number of hydrogen-bond acceptors (Lipinski definition) is 5. The average molecular weight is 337 g/mol. The number of nitrogens with zero attached hydrogens (tertiary/aromatic N) is 3. The molecular weight excluding hydrogens is 316 g/mol. The van der Waals surface area contributed by atoms with E-state index >= 15 is 0 Å². The topological polar surface area (TPSA) is 76.5 Å². The Morgan fingerprint density at radius 2 is 2.24 bits per heavy atom. The number of sulfonamides is 1. The lowest BCUT2D eigenvalue weighted by atomic mass is 10.2. The van der Waals surface area contributed by atoms with Crippen molar-refractivity contribution in [1.82, 2.24) is 19.4 Å². The van der Waals surface area contributed by atoms with Crippen LogP contribution in [0.25, 0.3) is 0 Å². The van der Waals surface area contributed by atoms with E-state index in [-0.39, 0.29) is 29.6 Å². The van der Waals surface area contributed by atoms with Crippen LogP contribution in [-0.2, 0) is 21.3 Å². The number of hydrogen-bond donors (Lipinski definition) is 1. The second-order valence-corrected chi connectivity index (χ2v) is 7.12. The van der Waals surface area contributed by atoms with Gasteiger partial charge in [-0.3, -0.25) is 4.68 Å². The lowest BCUT2D eigenvalue weighted by Crippen LogP contribution is -2.47. The fourth-order valence-electron chi connectivity index (χ4n) is 2.84. The van der Waals surface area contributed by atoms with Crippen LogP contribution in [0.5, 0.6) is 0 Å². The Balaban J connectivity index is 0.00000161. The van der Waals surface area contributed by atoms with E-state index in [0.29, 0.717) is 26.2 Å². The fraction of sp³-hybridized carbons (Fsp3) is 0.750. The zero-order valence-corrected chi connectivity index (χ0v) is 13.8. The Bertz CT molecular complexity index is 590. The number of ether oxygens (including phenoxy) is 1. The van der Waals surface area contributed by atoms with Crippen molar-refractivity contribution in [2.45, 2.75) is 37.6 Å². The van der Waals surface area contributed by atoms with Gasteiger partial charge >= 0.3 is 0 Å². The predicted molar refractivity (Wildman–Crippen MR) is 80.2 cm³/mol. The molecule has 21 heavy (non-hydrogen) atoms. The van der Waals surface area contributed by atoms with E-state index in [1.54, 1.807) is 17.7 Å². The molecule has 2 atom stereocenters. The molecule has 0 aliphatic carbocycles. The molecule has 2 saturated heterocycles. The van der Waals surface area contributed by atoms with Crippen molar-refractivity contribution in [2.75, 3.05) is 26.2 Å². The number of aromatic nitrogens is 2. The Morgan fingerprint density at radius 1 is 1.48 bits per heavy atom. The molecule has 2 fully saturated rings. The minimum Gasteiger partial charge on any atom is -0.374 e. The Morgan fingerprint density at radius 3 is 2.90 bits per heavy atom. The van der Waals surface area contributed by atoms with Crippen LogP contribution >= 0.6 is 12.4 Å². The first kappa shape index (κ1) is 16.7. The predicted octanol–water partition coefficient (Wildman–Crippen LogP) is -0.00548. The van der Waals surface area contributed by atoms with E-state index in [1.807, 2.05) is 6.92 Å². The van der Waals surface area contributed by atoms with E-state index in [9.17, 15) is 8.42 Å². The van der Waals surface area contributed by atoms with Crippen LogP contribution < -0.4 is 5.32 Å². The van der Waals surface area contributed by atoms with Gasteiger partial charge in [0.25, 0.3) is 10.0 Å². The molecule has 0 aromatic carbocycles. The summed E-state index contributed by atoms with van der Waals surface area (Å²) in [5.41, 5.74) is 0.719. The zero-order chi connectivity index (χ0) is 14.3. The van der Waals surface area contributed by atoms with E-state index < -0.39 is 10.0 Å². The van der Waals surface area contributed by atoms with Crippen LogP contribution in [0.3, 0.4) is 0 Å². The van der Waals surface area contributed by atoms with Gasteiger partial charge in [-0.1, -0.05) is 0 Å². The Labute approximate surface area is 131 Å². The van der Waals surface area contributed by atoms with Gasteiger partial charge in [-0.25, -0.2) is 8.42 Å². The number of aryl methyl sites for hydroxylation is 2. The average Bonchev–Trinajstić information content (AvgIpc) is 3.02. The van der Waals surface area contributed by atoms with Crippen molar-refractivity contribution in [3.63, 3.8) is 0 Å². The molecule has 2 aliphatic heterocycles. The molecular formula is C12H21ClN4O3S. The van der Waals surface area contributed by atoms with Gasteiger partial charge in [-0.2, -0.15) is 9.40 Å².